The van der Waals surface area contributed by atoms with Crippen molar-refractivity contribution < 1.29 is 4.57 Å². The Labute approximate surface area is 222 Å². The summed E-state index contributed by atoms with van der Waals surface area (Å²) < 4.78 is 8.73. The second kappa shape index (κ2) is 7.75. The maximum absolute atomic E-state index is 2.41. The molecule has 4 aromatic heterocycles. The van der Waals surface area contributed by atoms with Gasteiger partial charge in [0.15, 0.2) is 6.20 Å². The van der Waals surface area contributed by atoms with Crippen LogP contribution in [0.5, 0.6) is 0 Å². The molecule has 0 atom stereocenters. The molecule has 0 bridgehead atoms. The number of fused-ring (bicyclic) bond motifs is 7. The molecule has 8 aromatic rings. The van der Waals surface area contributed by atoms with E-state index in [1.807, 2.05) is 22.7 Å². The lowest BCUT2D eigenvalue weighted by atomic mass is 10.1. The minimum Gasteiger partial charge on any atom is -0.309 e. The topological polar surface area (TPSA) is 8.81 Å². The van der Waals surface area contributed by atoms with E-state index in [9.17, 15) is 0 Å². The van der Waals surface area contributed by atoms with Crippen LogP contribution in [0.3, 0.4) is 0 Å². The predicted molar refractivity (Wildman–Crippen MR) is 160 cm³/mol. The molecule has 0 spiro atoms. The van der Waals surface area contributed by atoms with E-state index < -0.39 is 0 Å². The Morgan fingerprint density at radius 1 is 0.622 bits per heavy atom. The fourth-order valence-electron chi connectivity index (χ4n) is 5.87. The maximum atomic E-state index is 2.41. The molecule has 0 unspecified atom stereocenters. The molecule has 8 rings (SSSR count). The van der Waals surface area contributed by atoms with Gasteiger partial charge in [0.05, 0.1) is 11.0 Å². The zero-order valence-electron chi connectivity index (χ0n) is 20.5. The third-order valence-corrected chi connectivity index (χ3v) is 10.1. The molecule has 0 aliphatic carbocycles. The highest BCUT2D eigenvalue weighted by atomic mass is 32.1. The van der Waals surface area contributed by atoms with E-state index in [2.05, 4.69) is 126 Å². The van der Waals surface area contributed by atoms with Crippen molar-refractivity contribution in [2.75, 3.05) is 0 Å². The van der Waals surface area contributed by atoms with Gasteiger partial charge in [0.1, 0.15) is 16.6 Å². The van der Waals surface area contributed by atoms with Gasteiger partial charge < -0.3 is 4.57 Å². The van der Waals surface area contributed by atoms with Crippen molar-refractivity contribution in [1.29, 1.82) is 0 Å². The van der Waals surface area contributed by atoms with E-state index in [1.54, 1.807) is 0 Å². The molecule has 2 nitrogen and oxygen atoms in total. The third kappa shape index (κ3) is 2.94. The minimum atomic E-state index is 1.21. The zero-order valence-corrected chi connectivity index (χ0v) is 22.2. The number of thiophene rings is 2. The van der Waals surface area contributed by atoms with Gasteiger partial charge in [-0.1, -0.05) is 54.6 Å². The van der Waals surface area contributed by atoms with Crippen LogP contribution in [-0.2, 0) is 7.05 Å². The molecular formula is C33H23N2S2+. The van der Waals surface area contributed by atoms with Crippen LogP contribution in [0.25, 0.3) is 68.3 Å². The number of pyridine rings is 1. The molecule has 37 heavy (non-hydrogen) atoms. The summed E-state index contributed by atoms with van der Waals surface area (Å²) in [5, 5.41) is 6.59. The molecule has 4 heterocycles. The molecule has 176 valence electrons. The second-order valence-electron chi connectivity index (χ2n) is 9.72. The van der Waals surface area contributed by atoms with Gasteiger partial charge in [-0.05, 0) is 54.3 Å². The normalized spacial score (nSPS) is 12.1. The number of aromatic nitrogens is 2. The summed E-state index contributed by atoms with van der Waals surface area (Å²) in [6, 6.07) is 35.5. The number of hydrogen-bond donors (Lipinski definition) is 0. The van der Waals surface area contributed by atoms with Crippen molar-refractivity contribution in [3.8, 4) is 16.3 Å². The molecule has 0 saturated heterocycles. The summed E-state index contributed by atoms with van der Waals surface area (Å²) in [6.07, 6.45) is 2.22. The van der Waals surface area contributed by atoms with Gasteiger partial charge in [0.25, 0.3) is 0 Å². The van der Waals surface area contributed by atoms with Crippen LogP contribution >= 0.6 is 22.7 Å². The first kappa shape index (κ1) is 21.1. The predicted octanol–water partition coefficient (Wildman–Crippen LogP) is 9.17. The molecule has 0 amide bonds. The lowest BCUT2D eigenvalue weighted by Crippen LogP contribution is -2.30. The fourth-order valence-corrected chi connectivity index (χ4v) is 8.50. The van der Waals surface area contributed by atoms with Crippen molar-refractivity contribution in [2.45, 2.75) is 6.92 Å². The van der Waals surface area contributed by atoms with Crippen molar-refractivity contribution in [3.63, 3.8) is 0 Å². The summed E-state index contributed by atoms with van der Waals surface area (Å²) in [6.45, 7) is 2.26. The Kier molecular flexibility index (Phi) is 4.43. The molecule has 0 N–H and O–H groups in total. The van der Waals surface area contributed by atoms with Crippen LogP contribution < -0.4 is 4.57 Å². The molecule has 0 saturated carbocycles. The van der Waals surface area contributed by atoms with Crippen molar-refractivity contribution in [2.24, 2.45) is 7.05 Å². The van der Waals surface area contributed by atoms with Crippen LogP contribution in [0.1, 0.15) is 5.56 Å². The number of nitrogens with zero attached hydrogens (tertiary/aromatic N) is 2. The second-order valence-corrected chi connectivity index (χ2v) is 11.8. The highest BCUT2D eigenvalue weighted by Crippen LogP contribution is 2.44. The molecule has 4 aromatic carbocycles. The van der Waals surface area contributed by atoms with Gasteiger partial charge in [0.2, 0.25) is 5.69 Å². The van der Waals surface area contributed by atoms with Crippen LogP contribution in [0.4, 0.5) is 0 Å². The van der Waals surface area contributed by atoms with Gasteiger partial charge in [-0.15, -0.1) is 22.7 Å². The van der Waals surface area contributed by atoms with Crippen LogP contribution in [0.2, 0.25) is 0 Å². The summed E-state index contributed by atoms with van der Waals surface area (Å²) >= 11 is 3.81. The first-order chi connectivity index (χ1) is 18.2. The van der Waals surface area contributed by atoms with Crippen molar-refractivity contribution in [3.05, 3.63) is 109 Å². The quantitative estimate of drug-likeness (QED) is 0.205. The highest BCUT2D eigenvalue weighted by molar-refractivity contribution is 7.27. The average Bonchev–Trinajstić information content (AvgIpc) is 3.58. The Morgan fingerprint density at radius 2 is 1.27 bits per heavy atom. The van der Waals surface area contributed by atoms with Gasteiger partial charge in [-0.2, -0.15) is 4.57 Å². The lowest BCUT2D eigenvalue weighted by molar-refractivity contribution is -0.659. The number of para-hydroxylation sites is 2. The average molecular weight is 512 g/mol. The SMILES string of the molecule is Cc1c(-c2c3sc4ccc(-n5c6ccccc6c6ccccc65)cc4c3cc[n+]2C)sc2ccccc12. The molecular weight excluding hydrogens is 489 g/mol. The first-order valence-electron chi connectivity index (χ1n) is 12.5. The Hall–Kier alpha value is -3.99. The third-order valence-electron chi connectivity index (χ3n) is 7.64. The standard InChI is InChI=1S/C33H23N2S2/c1-20-22-9-5-8-14-29(22)36-32(20)31-33-25(17-18-34(31)2)26-19-21(15-16-30(26)37-33)35-27-12-6-3-10-23(27)24-11-4-7-13-28(24)35/h3-19H,1-2H3/q+1. The fraction of sp³-hybridized carbons (Fsp3) is 0.0606. The Bertz CT molecular complexity index is 2120. The van der Waals surface area contributed by atoms with E-state index in [-0.39, 0.29) is 0 Å². The molecule has 0 aliphatic heterocycles. The van der Waals surface area contributed by atoms with E-state index in [0.717, 1.165) is 0 Å². The Morgan fingerprint density at radius 3 is 2.00 bits per heavy atom. The lowest BCUT2D eigenvalue weighted by Gasteiger charge is -2.08. The smallest absolute Gasteiger partial charge is 0.240 e. The zero-order chi connectivity index (χ0) is 24.7. The number of aryl methyl sites for hydroxylation is 2. The maximum Gasteiger partial charge on any atom is 0.240 e. The Balaban J connectivity index is 1.42. The van der Waals surface area contributed by atoms with Gasteiger partial charge in [0, 0.05) is 42.7 Å². The summed E-state index contributed by atoms with van der Waals surface area (Å²) in [4.78, 5) is 1.36. The van der Waals surface area contributed by atoms with E-state index in [1.165, 1.54) is 73.9 Å². The van der Waals surface area contributed by atoms with E-state index in [0.29, 0.717) is 0 Å². The number of benzene rings is 4. The van der Waals surface area contributed by atoms with Gasteiger partial charge >= 0.3 is 0 Å². The van der Waals surface area contributed by atoms with Crippen LogP contribution in [0, 0.1) is 6.92 Å². The molecule has 0 aliphatic rings. The highest BCUT2D eigenvalue weighted by Gasteiger charge is 2.24. The van der Waals surface area contributed by atoms with Crippen LogP contribution in [0.15, 0.2) is 103 Å². The number of hydrogen-bond acceptors (Lipinski definition) is 2. The van der Waals surface area contributed by atoms with Crippen molar-refractivity contribution in [1.82, 2.24) is 4.57 Å². The van der Waals surface area contributed by atoms with Crippen LogP contribution in [-0.4, -0.2) is 4.57 Å². The van der Waals surface area contributed by atoms with Gasteiger partial charge in [-0.25, -0.2) is 0 Å². The minimum absolute atomic E-state index is 1.21. The molecule has 4 heteroatoms. The summed E-state index contributed by atoms with van der Waals surface area (Å²) in [5.41, 5.74) is 6.38. The number of rotatable bonds is 2. The summed E-state index contributed by atoms with van der Waals surface area (Å²) in [5.74, 6) is 0. The van der Waals surface area contributed by atoms with Gasteiger partial charge in [-0.3, -0.25) is 0 Å². The van der Waals surface area contributed by atoms with Crippen molar-refractivity contribution >= 4 is 74.7 Å². The van der Waals surface area contributed by atoms with E-state index in [4.69, 9.17) is 0 Å². The van der Waals surface area contributed by atoms with E-state index >= 15 is 0 Å². The molecule has 0 fully saturated rings. The monoisotopic (exact) mass is 511 g/mol. The summed E-state index contributed by atoms with van der Waals surface area (Å²) in [7, 11) is 2.17. The molecule has 0 radical (unpaired) electrons. The first-order valence-corrected chi connectivity index (χ1v) is 14.1. The largest absolute Gasteiger partial charge is 0.309 e.